The molecule has 7 nitrogen and oxygen atoms in total. The van der Waals surface area contributed by atoms with Gasteiger partial charge in [0.25, 0.3) is 0 Å². The summed E-state index contributed by atoms with van der Waals surface area (Å²) in [7, 11) is 5.31. The third-order valence-electron chi connectivity index (χ3n) is 5.06. The molecule has 1 aromatic rings. The Labute approximate surface area is 191 Å². The Bertz CT molecular complexity index is 681. The van der Waals surface area contributed by atoms with Crippen LogP contribution in [0.25, 0.3) is 0 Å². The van der Waals surface area contributed by atoms with Crippen LogP contribution in [0.5, 0.6) is 0 Å². The van der Waals surface area contributed by atoms with Crippen LogP contribution in [-0.4, -0.2) is 68.4 Å². The molecular weight excluding hydrogens is 481 g/mol. The van der Waals surface area contributed by atoms with Crippen molar-refractivity contribution in [1.29, 1.82) is 0 Å². The molecule has 0 aromatic heterocycles. The van der Waals surface area contributed by atoms with E-state index in [2.05, 4.69) is 34.7 Å². The van der Waals surface area contributed by atoms with E-state index in [-0.39, 0.29) is 54.3 Å². The number of hydrogen-bond donors (Lipinski definition) is 2. The van der Waals surface area contributed by atoms with Crippen LogP contribution in [0.1, 0.15) is 37.8 Å². The van der Waals surface area contributed by atoms with Crippen LogP contribution < -0.4 is 10.6 Å². The summed E-state index contributed by atoms with van der Waals surface area (Å²) in [6.07, 6.45) is 2.61. The first-order valence-corrected chi connectivity index (χ1v) is 9.97. The van der Waals surface area contributed by atoms with Gasteiger partial charge in [0.2, 0.25) is 11.8 Å². The highest BCUT2D eigenvalue weighted by atomic mass is 127. The highest BCUT2D eigenvalue weighted by Crippen LogP contribution is 2.36. The number of benzene rings is 1. The number of nitrogens with zero attached hydrogens (tertiary/aromatic N) is 3. The second-order valence-electron chi connectivity index (χ2n) is 7.44. The normalized spacial score (nSPS) is 19.0. The Morgan fingerprint density at radius 2 is 1.93 bits per heavy atom. The second kappa shape index (κ2) is 12.7. The summed E-state index contributed by atoms with van der Waals surface area (Å²) < 4.78 is 0. The summed E-state index contributed by atoms with van der Waals surface area (Å²) in [6.45, 7) is 3.64. The second-order valence-corrected chi connectivity index (χ2v) is 7.44. The summed E-state index contributed by atoms with van der Waals surface area (Å²) in [4.78, 5) is 32.0. The van der Waals surface area contributed by atoms with Crippen LogP contribution in [0.4, 0.5) is 0 Å². The van der Waals surface area contributed by atoms with Crippen molar-refractivity contribution in [3.8, 4) is 0 Å². The van der Waals surface area contributed by atoms with Gasteiger partial charge < -0.3 is 20.4 Å². The van der Waals surface area contributed by atoms with Gasteiger partial charge in [-0.25, -0.2) is 4.99 Å². The summed E-state index contributed by atoms with van der Waals surface area (Å²) >= 11 is 0. The fourth-order valence-electron chi connectivity index (χ4n) is 3.35. The lowest BCUT2D eigenvalue weighted by atomic mass is 9.94. The molecule has 2 atom stereocenters. The van der Waals surface area contributed by atoms with Gasteiger partial charge in [0.15, 0.2) is 5.96 Å². The number of guanidine groups is 1. The number of nitrogens with one attached hydrogen (secondary N) is 2. The van der Waals surface area contributed by atoms with E-state index < -0.39 is 0 Å². The zero-order valence-corrected chi connectivity index (χ0v) is 20.2. The van der Waals surface area contributed by atoms with Gasteiger partial charge in [0.1, 0.15) is 6.54 Å². The van der Waals surface area contributed by atoms with Crippen molar-refractivity contribution >= 4 is 41.8 Å². The van der Waals surface area contributed by atoms with Gasteiger partial charge in [0.05, 0.1) is 6.04 Å². The zero-order chi connectivity index (χ0) is 20.5. The first kappa shape index (κ1) is 25.2. The summed E-state index contributed by atoms with van der Waals surface area (Å²) in [5.41, 5.74) is 1.14. The van der Waals surface area contributed by atoms with E-state index >= 15 is 0 Å². The lowest BCUT2D eigenvalue weighted by Gasteiger charge is -2.26. The number of halogens is 1. The van der Waals surface area contributed by atoms with Gasteiger partial charge in [-0.3, -0.25) is 9.59 Å². The number of amides is 2. The predicted octanol–water partition coefficient (Wildman–Crippen LogP) is 2.25. The quantitative estimate of drug-likeness (QED) is 0.241. The maximum Gasteiger partial charge on any atom is 0.243 e. The van der Waals surface area contributed by atoms with Gasteiger partial charge in [-0.05, 0) is 12.0 Å². The number of aliphatic imine (C=N–C) groups is 1. The molecule has 162 valence electrons. The summed E-state index contributed by atoms with van der Waals surface area (Å²) in [6, 6.07) is 10.2. The molecule has 0 aliphatic carbocycles. The van der Waals surface area contributed by atoms with Crippen molar-refractivity contribution in [1.82, 2.24) is 20.4 Å². The number of unbranched alkanes of at least 4 members (excludes halogenated alkanes) is 1. The van der Waals surface area contributed by atoms with Crippen LogP contribution in [0.2, 0.25) is 0 Å². The fourth-order valence-corrected chi connectivity index (χ4v) is 3.35. The minimum Gasteiger partial charge on any atom is -0.356 e. The number of rotatable bonds is 8. The van der Waals surface area contributed by atoms with E-state index in [4.69, 9.17) is 0 Å². The SMILES string of the molecule is CCCCNC(=NCC(=O)N(C)C)NCC1CC(=O)N(C)C1c1ccccc1.I. The smallest absolute Gasteiger partial charge is 0.243 e. The number of likely N-dealkylation sites (N-methyl/N-ethyl adjacent to an activating group) is 1. The van der Waals surface area contributed by atoms with Crippen LogP contribution in [0.3, 0.4) is 0 Å². The maximum atomic E-state index is 12.3. The molecule has 1 heterocycles. The molecule has 0 radical (unpaired) electrons. The molecule has 0 spiro atoms. The standard InChI is InChI=1S/C21H33N5O2.HI/c1-5-6-12-22-21(24-15-19(28)25(2)3)23-14-17-13-18(27)26(4)20(17)16-10-8-7-9-11-16;/h7-11,17,20H,5-6,12-15H2,1-4H3,(H2,22,23,24);1H. The topological polar surface area (TPSA) is 77.0 Å². The molecule has 0 bridgehead atoms. The first-order valence-electron chi connectivity index (χ1n) is 9.97. The molecule has 2 amide bonds. The van der Waals surface area contributed by atoms with Gasteiger partial charge in [-0.1, -0.05) is 43.7 Å². The Morgan fingerprint density at radius 1 is 1.24 bits per heavy atom. The minimum absolute atomic E-state index is 0. The highest BCUT2D eigenvalue weighted by Gasteiger charge is 2.38. The third-order valence-corrected chi connectivity index (χ3v) is 5.06. The number of hydrogen-bond acceptors (Lipinski definition) is 3. The third kappa shape index (κ3) is 7.49. The van der Waals surface area contributed by atoms with Crippen LogP contribution in [0.15, 0.2) is 35.3 Å². The molecule has 0 saturated carbocycles. The lowest BCUT2D eigenvalue weighted by molar-refractivity contribution is -0.128. The number of carbonyl (C=O) groups excluding carboxylic acids is 2. The average Bonchev–Trinajstić information content (AvgIpc) is 2.97. The van der Waals surface area contributed by atoms with Crippen LogP contribution >= 0.6 is 24.0 Å². The van der Waals surface area contributed by atoms with Gasteiger partial charge in [0, 0.05) is 46.6 Å². The molecule has 1 aliphatic rings. The van der Waals surface area contributed by atoms with Crippen molar-refractivity contribution < 1.29 is 9.59 Å². The average molecular weight is 515 g/mol. The van der Waals surface area contributed by atoms with Gasteiger partial charge >= 0.3 is 0 Å². The van der Waals surface area contributed by atoms with E-state index in [0.717, 1.165) is 24.9 Å². The summed E-state index contributed by atoms with van der Waals surface area (Å²) in [5.74, 6) is 0.871. The van der Waals surface area contributed by atoms with E-state index in [1.165, 1.54) is 4.90 Å². The van der Waals surface area contributed by atoms with Gasteiger partial charge in [-0.15, -0.1) is 24.0 Å². The molecule has 1 aromatic carbocycles. The van der Waals surface area contributed by atoms with Crippen LogP contribution in [0, 0.1) is 5.92 Å². The fraction of sp³-hybridized carbons (Fsp3) is 0.571. The van der Waals surface area contributed by atoms with Crippen molar-refractivity contribution in [3.05, 3.63) is 35.9 Å². The lowest BCUT2D eigenvalue weighted by Crippen LogP contribution is -2.42. The van der Waals surface area contributed by atoms with Crippen molar-refractivity contribution in [3.63, 3.8) is 0 Å². The minimum atomic E-state index is -0.0467. The monoisotopic (exact) mass is 515 g/mol. The largest absolute Gasteiger partial charge is 0.356 e. The first-order chi connectivity index (χ1) is 13.4. The molecule has 2 unspecified atom stereocenters. The molecule has 29 heavy (non-hydrogen) atoms. The molecule has 8 heteroatoms. The van der Waals surface area contributed by atoms with E-state index in [1.807, 2.05) is 30.1 Å². The molecule has 1 fully saturated rings. The van der Waals surface area contributed by atoms with E-state index in [1.54, 1.807) is 14.1 Å². The molecular formula is C21H34IN5O2. The van der Waals surface area contributed by atoms with Crippen molar-refractivity contribution in [2.75, 3.05) is 40.8 Å². The van der Waals surface area contributed by atoms with E-state index in [9.17, 15) is 9.59 Å². The molecule has 1 aliphatic heterocycles. The highest BCUT2D eigenvalue weighted by molar-refractivity contribution is 14.0. The van der Waals surface area contributed by atoms with Gasteiger partial charge in [-0.2, -0.15) is 0 Å². The van der Waals surface area contributed by atoms with Crippen LogP contribution in [-0.2, 0) is 9.59 Å². The summed E-state index contributed by atoms with van der Waals surface area (Å²) in [5, 5.41) is 6.63. The Balaban J connectivity index is 0.00000420. The Hall–Kier alpha value is -1.84. The number of likely N-dealkylation sites (tertiary alicyclic amines) is 1. The molecule has 2 N–H and O–H groups in total. The predicted molar refractivity (Wildman–Crippen MR) is 127 cm³/mol. The molecule has 2 rings (SSSR count). The zero-order valence-electron chi connectivity index (χ0n) is 17.9. The Morgan fingerprint density at radius 3 is 2.55 bits per heavy atom. The number of carbonyl (C=O) groups is 2. The van der Waals surface area contributed by atoms with Crippen molar-refractivity contribution in [2.24, 2.45) is 10.9 Å². The molecule has 1 saturated heterocycles. The van der Waals surface area contributed by atoms with E-state index in [0.29, 0.717) is 18.9 Å². The Kier molecular flexibility index (Phi) is 11.0. The van der Waals surface area contributed by atoms with Crippen molar-refractivity contribution in [2.45, 2.75) is 32.2 Å². The maximum absolute atomic E-state index is 12.3.